The second-order valence-electron chi connectivity index (χ2n) is 4.29. The predicted molar refractivity (Wildman–Crippen MR) is 81.5 cm³/mol. The van der Waals surface area contributed by atoms with Gasteiger partial charge in [0.1, 0.15) is 0 Å². The Balaban J connectivity index is 2.54. The van der Waals surface area contributed by atoms with E-state index in [0.29, 0.717) is 0 Å². The molecule has 1 heteroatoms. The molecule has 0 aromatic heterocycles. The minimum atomic E-state index is -0.434. The van der Waals surface area contributed by atoms with Crippen molar-refractivity contribution in [2.24, 2.45) is 0 Å². The fourth-order valence-corrected chi connectivity index (χ4v) is 2.22. The number of hydrogen-bond acceptors (Lipinski definition) is 1. The molecule has 1 radical (unpaired) electrons. The van der Waals surface area contributed by atoms with Crippen LogP contribution in [0.3, 0.4) is 0 Å². The minimum absolute atomic E-state index is 0.434. The van der Waals surface area contributed by atoms with E-state index in [1.54, 1.807) is 6.08 Å². The Morgan fingerprint density at radius 1 is 0.789 bits per heavy atom. The van der Waals surface area contributed by atoms with Crippen LogP contribution in [0.5, 0.6) is 0 Å². The predicted octanol–water partition coefficient (Wildman–Crippen LogP) is 4.05. The molecule has 0 aliphatic carbocycles. The van der Waals surface area contributed by atoms with E-state index in [9.17, 15) is 0 Å². The number of rotatable bonds is 6. The minimum Gasteiger partial charge on any atom is -0.292 e. The van der Waals surface area contributed by atoms with Crippen molar-refractivity contribution in [3.63, 3.8) is 0 Å². The Kier molecular flexibility index (Phi) is 4.32. The first-order valence-corrected chi connectivity index (χ1v) is 6.30. The maximum absolute atomic E-state index is 4.02. The topological polar surface area (TPSA) is 12.0 Å². The van der Waals surface area contributed by atoms with Gasteiger partial charge in [-0.15, -0.1) is 13.2 Å². The lowest BCUT2D eigenvalue weighted by Gasteiger charge is -2.32. The molecule has 19 heavy (non-hydrogen) atoms. The highest BCUT2D eigenvalue weighted by Crippen LogP contribution is 2.31. The standard InChI is InChI=1S/C18H18N/c1-3-15-19-18(4-2,16-11-7-5-8-12-16)17-13-9-6-10-14-17/h3-15,19H,1-2H2. The second kappa shape index (κ2) is 6.17. The fourth-order valence-electron chi connectivity index (χ4n) is 2.22. The van der Waals surface area contributed by atoms with Crippen LogP contribution in [-0.4, -0.2) is 0 Å². The van der Waals surface area contributed by atoms with Gasteiger partial charge in [0.25, 0.3) is 0 Å². The number of hydrogen-bond donors (Lipinski definition) is 1. The first-order valence-electron chi connectivity index (χ1n) is 6.30. The van der Waals surface area contributed by atoms with Gasteiger partial charge in [0, 0.05) is 6.54 Å². The normalized spacial score (nSPS) is 10.9. The molecule has 95 valence electrons. The van der Waals surface area contributed by atoms with Crippen LogP contribution in [0.2, 0.25) is 0 Å². The maximum Gasteiger partial charge on any atom is 0.0880 e. The van der Waals surface area contributed by atoms with Gasteiger partial charge in [0.15, 0.2) is 0 Å². The zero-order valence-electron chi connectivity index (χ0n) is 10.9. The molecule has 2 aromatic rings. The van der Waals surface area contributed by atoms with E-state index in [1.165, 1.54) is 0 Å². The van der Waals surface area contributed by atoms with Crippen molar-refractivity contribution in [3.05, 3.63) is 104 Å². The van der Waals surface area contributed by atoms with Crippen LogP contribution in [0.4, 0.5) is 0 Å². The molecule has 1 nitrogen and oxygen atoms in total. The fraction of sp³-hybridized carbons (Fsp3) is 0.0556. The molecule has 2 aromatic carbocycles. The van der Waals surface area contributed by atoms with Crippen molar-refractivity contribution >= 4 is 0 Å². The lowest BCUT2D eigenvalue weighted by molar-refractivity contribution is 0.554. The molecule has 0 aliphatic rings. The average molecular weight is 248 g/mol. The van der Waals surface area contributed by atoms with E-state index in [4.69, 9.17) is 0 Å². The number of nitrogens with one attached hydrogen (secondary N) is 1. The summed E-state index contributed by atoms with van der Waals surface area (Å²) >= 11 is 0. The van der Waals surface area contributed by atoms with Crippen LogP contribution in [-0.2, 0) is 5.54 Å². The molecular weight excluding hydrogens is 230 g/mol. The lowest BCUT2D eigenvalue weighted by Crippen LogP contribution is -2.39. The highest BCUT2D eigenvalue weighted by atomic mass is 15.0. The highest BCUT2D eigenvalue weighted by molar-refractivity contribution is 5.43. The quantitative estimate of drug-likeness (QED) is 0.760. The van der Waals surface area contributed by atoms with E-state index in [1.807, 2.05) is 49.0 Å². The summed E-state index contributed by atoms with van der Waals surface area (Å²) in [7, 11) is 0. The third-order valence-electron chi connectivity index (χ3n) is 3.19. The average Bonchev–Trinajstić information content (AvgIpc) is 2.51. The van der Waals surface area contributed by atoms with Crippen molar-refractivity contribution in [1.29, 1.82) is 0 Å². The molecule has 0 aliphatic heterocycles. The summed E-state index contributed by atoms with van der Waals surface area (Å²) in [6, 6.07) is 20.5. The summed E-state index contributed by atoms with van der Waals surface area (Å²) in [5.41, 5.74) is 1.86. The summed E-state index contributed by atoms with van der Waals surface area (Å²) in [5.74, 6) is 0. The van der Waals surface area contributed by atoms with Crippen molar-refractivity contribution < 1.29 is 0 Å². The van der Waals surface area contributed by atoms with Gasteiger partial charge in [-0.3, -0.25) is 5.32 Å². The summed E-state index contributed by atoms with van der Waals surface area (Å²) in [6.07, 6.45) is 3.67. The SMILES string of the molecule is C=C[CH]NC(C=C)(c1ccccc1)c1ccccc1. The van der Waals surface area contributed by atoms with Crippen LogP contribution >= 0.6 is 0 Å². The van der Waals surface area contributed by atoms with Gasteiger partial charge in [0.05, 0.1) is 5.54 Å². The Hall–Kier alpha value is -2.12. The van der Waals surface area contributed by atoms with Crippen LogP contribution in [0.25, 0.3) is 0 Å². The zero-order chi connectivity index (χ0) is 13.6. The van der Waals surface area contributed by atoms with Crippen LogP contribution in [0, 0.1) is 6.54 Å². The molecule has 0 saturated carbocycles. The first-order chi connectivity index (χ1) is 9.33. The van der Waals surface area contributed by atoms with Gasteiger partial charge >= 0.3 is 0 Å². The van der Waals surface area contributed by atoms with Crippen LogP contribution in [0.1, 0.15) is 11.1 Å². The summed E-state index contributed by atoms with van der Waals surface area (Å²) in [5, 5.41) is 3.40. The molecule has 0 heterocycles. The lowest BCUT2D eigenvalue weighted by atomic mass is 9.83. The third kappa shape index (κ3) is 2.67. The molecular formula is C18H18N. The summed E-state index contributed by atoms with van der Waals surface area (Å²) in [6.45, 7) is 9.60. The zero-order valence-corrected chi connectivity index (χ0v) is 10.9. The smallest absolute Gasteiger partial charge is 0.0880 e. The third-order valence-corrected chi connectivity index (χ3v) is 3.19. The molecule has 0 fully saturated rings. The Morgan fingerprint density at radius 3 is 1.63 bits per heavy atom. The van der Waals surface area contributed by atoms with Crippen molar-refractivity contribution in [2.45, 2.75) is 5.54 Å². The van der Waals surface area contributed by atoms with Crippen molar-refractivity contribution in [2.75, 3.05) is 0 Å². The van der Waals surface area contributed by atoms with Gasteiger partial charge in [-0.25, -0.2) is 0 Å². The molecule has 0 saturated heterocycles. The van der Waals surface area contributed by atoms with Gasteiger partial charge in [-0.1, -0.05) is 72.8 Å². The van der Waals surface area contributed by atoms with Crippen LogP contribution in [0.15, 0.2) is 86.0 Å². The second-order valence-corrected chi connectivity index (χ2v) is 4.29. The molecule has 0 unspecified atom stereocenters. The van der Waals surface area contributed by atoms with Gasteiger partial charge < -0.3 is 0 Å². The van der Waals surface area contributed by atoms with Crippen LogP contribution < -0.4 is 5.32 Å². The Labute approximate surface area is 115 Å². The highest BCUT2D eigenvalue weighted by Gasteiger charge is 2.29. The Bertz CT molecular complexity index is 489. The van der Waals surface area contributed by atoms with Gasteiger partial charge in [-0.05, 0) is 11.1 Å². The van der Waals surface area contributed by atoms with E-state index in [0.717, 1.165) is 11.1 Å². The molecule has 0 amide bonds. The van der Waals surface area contributed by atoms with E-state index in [2.05, 4.69) is 42.7 Å². The molecule has 0 bridgehead atoms. The summed E-state index contributed by atoms with van der Waals surface area (Å²) < 4.78 is 0. The molecule has 2 rings (SSSR count). The van der Waals surface area contributed by atoms with Gasteiger partial charge in [0.2, 0.25) is 0 Å². The summed E-state index contributed by atoms with van der Waals surface area (Å²) in [4.78, 5) is 0. The first kappa shape index (κ1) is 13.3. The van der Waals surface area contributed by atoms with Crippen molar-refractivity contribution in [1.82, 2.24) is 5.32 Å². The largest absolute Gasteiger partial charge is 0.292 e. The van der Waals surface area contributed by atoms with E-state index >= 15 is 0 Å². The maximum atomic E-state index is 4.02. The van der Waals surface area contributed by atoms with Crippen molar-refractivity contribution in [3.8, 4) is 0 Å². The van der Waals surface area contributed by atoms with Gasteiger partial charge in [-0.2, -0.15) is 0 Å². The monoisotopic (exact) mass is 248 g/mol. The Morgan fingerprint density at radius 2 is 1.26 bits per heavy atom. The number of benzene rings is 2. The molecule has 0 atom stereocenters. The molecule has 1 N–H and O–H groups in total. The molecule has 0 spiro atoms. The van der Waals surface area contributed by atoms with E-state index in [-0.39, 0.29) is 0 Å². The van der Waals surface area contributed by atoms with E-state index < -0.39 is 5.54 Å².